The van der Waals surface area contributed by atoms with E-state index < -0.39 is 0 Å². The molecule has 0 saturated heterocycles. The van der Waals surface area contributed by atoms with Gasteiger partial charge in [0.2, 0.25) is 0 Å². The van der Waals surface area contributed by atoms with Gasteiger partial charge in [0.15, 0.2) is 0 Å². The maximum atomic E-state index is 12.1. The van der Waals surface area contributed by atoms with Crippen LogP contribution in [0.4, 0.5) is 0 Å². The SMILES string of the molecule is COc1ccc(/C=N\NC(=O)c2ccc(-c3ccccc3)cc2)cc1. The van der Waals surface area contributed by atoms with E-state index in [-0.39, 0.29) is 5.91 Å². The highest BCUT2D eigenvalue weighted by atomic mass is 16.5. The van der Waals surface area contributed by atoms with Gasteiger partial charge in [-0.1, -0.05) is 42.5 Å². The van der Waals surface area contributed by atoms with Crippen molar-refractivity contribution in [2.24, 2.45) is 5.10 Å². The highest BCUT2D eigenvalue weighted by Gasteiger charge is 2.04. The first-order valence-electron chi connectivity index (χ1n) is 7.89. The molecule has 0 aliphatic carbocycles. The van der Waals surface area contributed by atoms with Crippen molar-refractivity contribution in [3.8, 4) is 16.9 Å². The molecule has 0 aliphatic rings. The van der Waals surface area contributed by atoms with E-state index in [0.29, 0.717) is 5.56 Å². The Bertz CT molecular complexity index is 855. The molecule has 0 heterocycles. The molecule has 124 valence electrons. The van der Waals surface area contributed by atoms with Crippen molar-refractivity contribution >= 4 is 12.1 Å². The summed E-state index contributed by atoms with van der Waals surface area (Å²) < 4.78 is 5.10. The van der Waals surface area contributed by atoms with Crippen LogP contribution in [0, 0.1) is 0 Å². The second kappa shape index (κ2) is 7.93. The summed E-state index contributed by atoms with van der Waals surface area (Å²) in [4.78, 5) is 12.1. The van der Waals surface area contributed by atoms with E-state index in [1.165, 1.54) is 0 Å². The van der Waals surface area contributed by atoms with Crippen molar-refractivity contribution in [1.29, 1.82) is 0 Å². The normalized spacial score (nSPS) is 10.6. The van der Waals surface area contributed by atoms with E-state index >= 15 is 0 Å². The molecule has 0 fully saturated rings. The van der Waals surface area contributed by atoms with Gasteiger partial charge in [-0.2, -0.15) is 5.10 Å². The van der Waals surface area contributed by atoms with E-state index in [2.05, 4.69) is 10.5 Å². The summed E-state index contributed by atoms with van der Waals surface area (Å²) in [5.74, 6) is 0.532. The van der Waals surface area contributed by atoms with Crippen LogP contribution in [-0.2, 0) is 0 Å². The molecule has 0 atom stereocenters. The smallest absolute Gasteiger partial charge is 0.271 e. The number of amides is 1. The van der Waals surface area contributed by atoms with Crippen LogP contribution in [0.3, 0.4) is 0 Å². The predicted molar refractivity (Wildman–Crippen MR) is 99.9 cm³/mol. The zero-order chi connectivity index (χ0) is 17.5. The molecule has 1 amide bonds. The summed E-state index contributed by atoms with van der Waals surface area (Å²) in [6.07, 6.45) is 1.59. The summed E-state index contributed by atoms with van der Waals surface area (Å²) in [7, 11) is 1.62. The summed E-state index contributed by atoms with van der Waals surface area (Å²) in [5, 5.41) is 3.99. The zero-order valence-corrected chi connectivity index (χ0v) is 13.8. The number of hydrogen-bond donors (Lipinski definition) is 1. The number of benzene rings is 3. The lowest BCUT2D eigenvalue weighted by atomic mass is 10.0. The number of hydrogen-bond acceptors (Lipinski definition) is 3. The summed E-state index contributed by atoms with van der Waals surface area (Å²) in [5.41, 5.74) is 6.16. The van der Waals surface area contributed by atoms with Gasteiger partial charge in [0.1, 0.15) is 5.75 Å². The van der Waals surface area contributed by atoms with Crippen molar-refractivity contribution in [3.63, 3.8) is 0 Å². The molecular weight excluding hydrogens is 312 g/mol. The van der Waals surface area contributed by atoms with Gasteiger partial charge in [-0.05, 0) is 53.1 Å². The number of carbonyl (C=O) groups excluding carboxylic acids is 1. The molecule has 0 spiro atoms. The number of nitrogens with one attached hydrogen (secondary N) is 1. The van der Waals surface area contributed by atoms with Crippen LogP contribution in [0.1, 0.15) is 15.9 Å². The Morgan fingerprint density at radius 3 is 2.16 bits per heavy atom. The number of ether oxygens (including phenoxy) is 1. The van der Waals surface area contributed by atoms with Crippen LogP contribution >= 0.6 is 0 Å². The molecule has 0 radical (unpaired) electrons. The molecule has 0 aromatic heterocycles. The highest BCUT2D eigenvalue weighted by molar-refractivity contribution is 5.95. The number of carbonyl (C=O) groups is 1. The first kappa shape index (κ1) is 16.5. The maximum absolute atomic E-state index is 12.1. The lowest BCUT2D eigenvalue weighted by Gasteiger charge is -2.04. The van der Waals surface area contributed by atoms with Crippen molar-refractivity contribution in [2.75, 3.05) is 7.11 Å². The third-order valence-electron chi connectivity index (χ3n) is 3.75. The molecule has 3 aromatic rings. The molecule has 0 bridgehead atoms. The van der Waals surface area contributed by atoms with Gasteiger partial charge in [-0.3, -0.25) is 4.79 Å². The number of nitrogens with zero attached hydrogens (tertiary/aromatic N) is 1. The van der Waals surface area contributed by atoms with Gasteiger partial charge in [-0.15, -0.1) is 0 Å². The Labute approximate surface area is 146 Å². The summed E-state index contributed by atoms with van der Waals surface area (Å²) >= 11 is 0. The lowest BCUT2D eigenvalue weighted by molar-refractivity contribution is 0.0955. The quantitative estimate of drug-likeness (QED) is 0.565. The molecule has 3 aromatic carbocycles. The predicted octanol–water partition coefficient (Wildman–Crippen LogP) is 4.13. The Hall–Kier alpha value is -3.40. The number of hydrazone groups is 1. The Morgan fingerprint density at radius 2 is 1.52 bits per heavy atom. The molecule has 1 N–H and O–H groups in total. The fourth-order valence-corrected chi connectivity index (χ4v) is 2.36. The van der Waals surface area contributed by atoms with E-state index in [9.17, 15) is 4.79 Å². The van der Waals surface area contributed by atoms with E-state index in [1.807, 2.05) is 66.7 Å². The van der Waals surface area contributed by atoms with Crippen LogP contribution in [0.15, 0.2) is 84.0 Å². The second-order valence-electron chi connectivity index (χ2n) is 5.42. The van der Waals surface area contributed by atoms with Crippen molar-refractivity contribution in [3.05, 3.63) is 90.0 Å². The fraction of sp³-hybridized carbons (Fsp3) is 0.0476. The van der Waals surface area contributed by atoms with Crippen LogP contribution in [-0.4, -0.2) is 19.2 Å². The molecular formula is C21H18N2O2. The minimum Gasteiger partial charge on any atom is -0.497 e. The van der Waals surface area contributed by atoms with E-state index in [0.717, 1.165) is 22.4 Å². The van der Waals surface area contributed by atoms with Gasteiger partial charge < -0.3 is 4.74 Å². The molecule has 4 nitrogen and oxygen atoms in total. The van der Waals surface area contributed by atoms with Crippen LogP contribution in [0.2, 0.25) is 0 Å². The highest BCUT2D eigenvalue weighted by Crippen LogP contribution is 2.19. The van der Waals surface area contributed by atoms with Crippen molar-refractivity contribution in [1.82, 2.24) is 5.43 Å². The molecule has 0 saturated carbocycles. The maximum Gasteiger partial charge on any atom is 0.271 e. The summed E-state index contributed by atoms with van der Waals surface area (Å²) in [6.45, 7) is 0. The van der Waals surface area contributed by atoms with Crippen LogP contribution in [0.5, 0.6) is 5.75 Å². The fourth-order valence-electron chi connectivity index (χ4n) is 2.36. The average Bonchev–Trinajstić information content (AvgIpc) is 2.69. The third kappa shape index (κ3) is 4.32. The minimum atomic E-state index is -0.246. The van der Waals surface area contributed by atoms with Crippen LogP contribution in [0.25, 0.3) is 11.1 Å². The molecule has 0 aliphatic heterocycles. The number of rotatable bonds is 5. The topological polar surface area (TPSA) is 50.7 Å². The largest absolute Gasteiger partial charge is 0.497 e. The van der Waals surface area contributed by atoms with E-state index in [4.69, 9.17) is 4.74 Å². The second-order valence-corrected chi connectivity index (χ2v) is 5.42. The average molecular weight is 330 g/mol. The van der Waals surface area contributed by atoms with Gasteiger partial charge in [0, 0.05) is 5.56 Å². The molecule has 3 rings (SSSR count). The minimum absolute atomic E-state index is 0.246. The van der Waals surface area contributed by atoms with Crippen molar-refractivity contribution < 1.29 is 9.53 Å². The first-order chi connectivity index (χ1) is 12.3. The number of methoxy groups -OCH3 is 1. The molecule has 4 heteroatoms. The van der Waals surface area contributed by atoms with Crippen molar-refractivity contribution in [2.45, 2.75) is 0 Å². The molecule has 25 heavy (non-hydrogen) atoms. The lowest BCUT2D eigenvalue weighted by Crippen LogP contribution is -2.17. The standard InChI is InChI=1S/C21H18N2O2/c1-25-20-13-7-16(8-14-20)15-22-23-21(24)19-11-9-18(10-12-19)17-5-3-2-4-6-17/h2-15H,1H3,(H,23,24)/b22-15-. The zero-order valence-electron chi connectivity index (χ0n) is 13.8. The molecule has 0 unspecified atom stereocenters. The van der Waals surface area contributed by atoms with Gasteiger partial charge in [0.05, 0.1) is 13.3 Å². The first-order valence-corrected chi connectivity index (χ1v) is 7.89. The van der Waals surface area contributed by atoms with Gasteiger partial charge >= 0.3 is 0 Å². The third-order valence-corrected chi connectivity index (χ3v) is 3.75. The van der Waals surface area contributed by atoms with Crippen LogP contribution < -0.4 is 10.2 Å². The monoisotopic (exact) mass is 330 g/mol. The van der Waals surface area contributed by atoms with Gasteiger partial charge in [0.25, 0.3) is 5.91 Å². The Balaban J connectivity index is 1.62. The van der Waals surface area contributed by atoms with E-state index in [1.54, 1.807) is 25.5 Å². The summed E-state index contributed by atoms with van der Waals surface area (Å²) in [6, 6.07) is 24.9. The van der Waals surface area contributed by atoms with Gasteiger partial charge in [-0.25, -0.2) is 5.43 Å². The Kier molecular flexibility index (Phi) is 5.22. The Morgan fingerprint density at radius 1 is 0.880 bits per heavy atom.